The van der Waals surface area contributed by atoms with Crippen molar-refractivity contribution in [2.45, 2.75) is 32.7 Å². The summed E-state index contributed by atoms with van der Waals surface area (Å²) in [6.45, 7) is 6.23. The van der Waals surface area contributed by atoms with Gasteiger partial charge in [0, 0.05) is 19.7 Å². The topological polar surface area (TPSA) is 50.4 Å². The molecule has 0 bridgehead atoms. The highest BCUT2D eigenvalue weighted by Gasteiger charge is 2.41. The van der Waals surface area contributed by atoms with Crippen molar-refractivity contribution < 1.29 is 9.53 Å². The van der Waals surface area contributed by atoms with Crippen molar-refractivity contribution in [2.24, 2.45) is 5.41 Å². The first kappa shape index (κ1) is 12.5. The average Bonchev–Trinajstić information content (AvgIpc) is 2.68. The second kappa shape index (κ2) is 5.47. The Balaban J connectivity index is 2.59. The highest BCUT2D eigenvalue weighted by molar-refractivity contribution is 5.83. The molecule has 1 rings (SSSR count). The van der Waals surface area contributed by atoms with Gasteiger partial charge in [-0.3, -0.25) is 4.79 Å². The third-order valence-corrected chi connectivity index (χ3v) is 3.14. The van der Waals surface area contributed by atoms with E-state index in [2.05, 4.69) is 17.6 Å². The molecule has 0 saturated carbocycles. The van der Waals surface area contributed by atoms with Gasteiger partial charge in [-0.05, 0) is 26.3 Å². The van der Waals surface area contributed by atoms with E-state index in [1.165, 1.54) is 0 Å². The second-order valence-corrected chi connectivity index (χ2v) is 4.42. The molecular formula is C11H22N2O2. The zero-order valence-electron chi connectivity index (χ0n) is 9.93. The van der Waals surface area contributed by atoms with E-state index in [9.17, 15) is 4.79 Å². The van der Waals surface area contributed by atoms with Gasteiger partial charge in [0.2, 0.25) is 5.91 Å². The molecule has 15 heavy (non-hydrogen) atoms. The minimum absolute atomic E-state index is 0.128. The Bertz CT molecular complexity index is 213. The number of hydrogen-bond acceptors (Lipinski definition) is 3. The minimum atomic E-state index is -0.349. The van der Waals surface area contributed by atoms with Crippen LogP contribution in [0.2, 0.25) is 0 Å². The SMILES string of the molecule is CCC(C)NC(=O)C1(COC)CCNC1. The van der Waals surface area contributed by atoms with Gasteiger partial charge in [0.25, 0.3) is 0 Å². The van der Waals surface area contributed by atoms with E-state index in [1.54, 1.807) is 7.11 Å². The Morgan fingerprint density at radius 2 is 2.40 bits per heavy atom. The van der Waals surface area contributed by atoms with Crippen LogP contribution in [0.1, 0.15) is 26.7 Å². The molecule has 2 atom stereocenters. The predicted octanol–water partition coefficient (Wildman–Crippen LogP) is 0.527. The lowest BCUT2D eigenvalue weighted by molar-refractivity contribution is -0.133. The maximum absolute atomic E-state index is 12.1. The fraction of sp³-hybridized carbons (Fsp3) is 0.909. The number of hydrogen-bond donors (Lipinski definition) is 2. The number of ether oxygens (including phenoxy) is 1. The van der Waals surface area contributed by atoms with E-state index >= 15 is 0 Å². The summed E-state index contributed by atoms with van der Waals surface area (Å²) in [6.07, 6.45) is 1.82. The Labute approximate surface area is 91.8 Å². The molecule has 1 amide bonds. The first-order valence-corrected chi connectivity index (χ1v) is 5.65. The molecule has 0 aliphatic carbocycles. The van der Waals surface area contributed by atoms with Crippen LogP contribution in [0.25, 0.3) is 0 Å². The van der Waals surface area contributed by atoms with Crippen molar-refractivity contribution in [1.29, 1.82) is 0 Å². The van der Waals surface area contributed by atoms with Gasteiger partial charge >= 0.3 is 0 Å². The molecule has 1 heterocycles. The van der Waals surface area contributed by atoms with Gasteiger partial charge in [0.05, 0.1) is 12.0 Å². The lowest BCUT2D eigenvalue weighted by atomic mass is 9.86. The molecule has 0 aromatic carbocycles. The lowest BCUT2D eigenvalue weighted by Gasteiger charge is -2.27. The summed E-state index contributed by atoms with van der Waals surface area (Å²) in [7, 11) is 1.65. The summed E-state index contributed by atoms with van der Waals surface area (Å²) in [5, 5.41) is 6.27. The molecule has 1 fully saturated rings. The molecule has 0 spiro atoms. The van der Waals surface area contributed by atoms with E-state index in [4.69, 9.17) is 4.74 Å². The third kappa shape index (κ3) is 2.92. The molecule has 1 saturated heterocycles. The normalized spacial score (nSPS) is 27.7. The fourth-order valence-corrected chi connectivity index (χ4v) is 1.88. The number of rotatable bonds is 5. The summed E-state index contributed by atoms with van der Waals surface area (Å²) in [4.78, 5) is 12.1. The highest BCUT2D eigenvalue weighted by Crippen LogP contribution is 2.26. The lowest BCUT2D eigenvalue weighted by Crippen LogP contribution is -2.48. The second-order valence-electron chi connectivity index (χ2n) is 4.42. The van der Waals surface area contributed by atoms with Gasteiger partial charge in [-0.25, -0.2) is 0 Å². The number of carbonyl (C=O) groups is 1. The molecule has 88 valence electrons. The Morgan fingerprint density at radius 3 is 2.87 bits per heavy atom. The van der Waals surface area contributed by atoms with Crippen molar-refractivity contribution in [3.63, 3.8) is 0 Å². The molecule has 0 aromatic heterocycles. The fourth-order valence-electron chi connectivity index (χ4n) is 1.88. The van der Waals surface area contributed by atoms with E-state index in [0.29, 0.717) is 6.61 Å². The summed E-state index contributed by atoms with van der Waals surface area (Å²) < 4.78 is 5.16. The molecular weight excluding hydrogens is 192 g/mol. The standard InChI is InChI=1S/C11H22N2O2/c1-4-9(2)13-10(14)11(8-15-3)5-6-12-7-11/h9,12H,4-8H2,1-3H3,(H,13,14). The zero-order valence-corrected chi connectivity index (χ0v) is 9.93. The number of methoxy groups -OCH3 is 1. The highest BCUT2D eigenvalue weighted by atomic mass is 16.5. The molecule has 1 aliphatic heterocycles. The zero-order chi connectivity index (χ0) is 11.3. The van der Waals surface area contributed by atoms with Gasteiger partial charge in [-0.1, -0.05) is 6.92 Å². The number of nitrogens with one attached hydrogen (secondary N) is 2. The monoisotopic (exact) mass is 214 g/mol. The van der Waals surface area contributed by atoms with Crippen LogP contribution in [-0.2, 0) is 9.53 Å². The van der Waals surface area contributed by atoms with Crippen LogP contribution in [0, 0.1) is 5.41 Å². The number of amides is 1. The molecule has 2 unspecified atom stereocenters. The van der Waals surface area contributed by atoms with Gasteiger partial charge in [-0.15, -0.1) is 0 Å². The van der Waals surface area contributed by atoms with Crippen molar-refractivity contribution in [1.82, 2.24) is 10.6 Å². The molecule has 0 aromatic rings. The predicted molar refractivity (Wildman–Crippen MR) is 59.7 cm³/mol. The quantitative estimate of drug-likeness (QED) is 0.702. The Morgan fingerprint density at radius 1 is 1.67 bits per heavy atom. The minimum Gasteiger partial charge on any atom is -0.384 e. The Kier molecular flexibility index (Phi) is 4.54. The Hall–Kier alpha value is -0.610. The summed E-state index contributed by atoms with van der Waals surface area (Å²) in [6, 6.07) is 0.242. The van der Waals surface area contributed by atoms with Crippen LogP contribution in [0.3, 0.4) is 0 Å². The van der Waals surface area contributed by atoms with Crippen molar-refractivity contribution in [3.05, 3.63) is 0 Å². The van der Waals surface area contributed by atoms with Crippen molar-refractivity contribution in [3.8, 4) is 0 Å². The first-order valence-electron chi connectivity index (χ1n) is 5.65. The van der Waals surface area contributed by atoms with Gasteiger partial charge in [-0.2, -0.15) is 0 Å². The van der Waals surface area contributed by atoms with Crippen LogP contribution < -0.4 is 10.6 Å². The van der Waals surface area contributed by atoms with Crippen LogP contribution >= 0.6 is 0 Å². The van der Waals surface area contributed by atoms with Crippen LogP contribution in [-0.4, -0.2) is 38.8 Å². The number of carbonyl (C=O) groups excluding carboxylic acids is 1. The van der Waals surface area contributed by atoms with Crippen LogP contribution in [0.5, 0.6) is 0 Å². The van der Waals surface area contributed by atoms with Gasteiger partial charge < -0.3 is 15.4 Å². The summed E-state index contributed by atoms with van der Waals surface area (Å²) in [5.41, 5.74) is -0.349. The molecule has 0 radical (unpaired) electrons. The average molecular weight is 214 g/mol. The van der Waals surface area contributed by atoms with Gasteiger partial charge in [0.15, 0.2) is 0 Å². The summed E-state index contributed by atoms with van der Waals surface area (Å²) in [5.74, 6) is 0.128. The smallest absolute Gasteiger partial charge is 0.230 e. The van der Waals surface area contributed by atoms with E-state index in [1.807, 2.05) is 6.92 Å². The van der Waals surface area contributed by atoms with E-state index < -0.39 is 0 Å². The first-order chi connectivity index (χ1) is 7.14. The van der Waals surface area contributed by atoms with Crippen molar-refractivity contribution in [2.75, 3.05) is 26.8 Å². The van der Waals surface area contributed by atoms with E-state index in [-0.39, 0.29) is 17.4 Å². The van der Waals surface area contributed by atoms with Gasteiger partial charge in [0.1, 0.15) is 0 Å². The van der Waals surface area contributed by atoms with Crippen molar-refractivity contribution >= 4 is 5.91 Å². The molecule has 1 aliphatic rings. The third-order valence-electron chi connectivity index (χ3n) is 3.14. The largest absolute Gasteiger partial charge is 0.384 e. The van der Waals surface area contributed by atoms with E-state index in [0.717, 1.165) is 25.9 Å². The van der Waals surface area contributed by atoms with Crippen LogP contribution in [0.15, 0.2) is 0 Å². The van der Waals surface area contributed by atoms with Crippen LogP contribution in [0.4, 0.5) is 0 Å². The maximum atomic E-state index is 12.1. The maximum Gasteiger partial charge on any atom is 0.230 e. The molecule has 2 N–H and O–H groups in total. The molecule has 4 heteroatoms. The summed E-state index contributed by atoms with van der Waals surface area (Å²) >= 11 is 0. The molecule has 4 nitrogen and oxygen atoms in total.